The lowest BCUT2D eigenvalue weighted by atomic mass is 10.1. The molecule has 2 aromatic carbocycles. The molecular weight excluding hydrogens is 469 g/mol. The highest BCUT2D eigenvalue weighted by atomic mass is 127. The van der Waals surface area contributed by atoms with Gasteiger partial charge in [-0.1, -0.05) is 24.3 Å². The van der Waals surface area contributed by atoms with Crippen molar-refractivity contribution < 1.29 is 14.2 Å². The van der Waals surface area contributed by atoms with E-state index in [0.717, 1.165) is 41.7 Å². The number of guanidine groups is 1. The van der Waals surface area contributed by atoms with Crippen LogP contribution in [0.4, 0.5) is 0 Å². The van der Waals surface area contributed by atoms with Crippen LogP contribution < -0.4 is 19.5 Å². The van der Waals surface area contributed by atoms with Gasteiger partial charge in [-0.05, 0) is 30.2 Å². The molecule has 1 aliphatic heterocycles. The minimum absolute atomic E-state index is 0. The summed E-state index contributed by atoms with van der Waals surface area (Å²) in [6.07, 6.45) is 0.873. The van der Waals surface area contributed by atoms with Gasteiger partial charge in [0.05, 0.1) is 7.11 Å². The van der Waals surface area contributed by atoms with Gasteiger partial charge in [0, 0.05) is 32.7 Å². The number of aliphatic imine (C=N–C) groups is 1. The van der Waals surface area contributed by atoms with Crippen molar-refractivity contribution in [1.82, 2.24) is 10.2 Å². The van der Waals surface area contributed by atoms with E-state index in [9.17, 15) is 0 Å². The van der Waals surface area contributed by atoms with Gasteiger partial charge in [-0.2, -0.15) is 0 Å². The van der Waals surface area contributed by atoms with E-state index in [-0.39, 0.29) is 24.0 Å². The maximum absolute atomic E-state index is 5.65. The van der Waals surface area contributed by atoms with Gasteiger partial charge in [-0.15, -0.1) is 24.0 Å². The van der Waals surface area contributed by atoms with E-state index in [1.54, 1.807) is 14.2 Å². The van der Waals surface area contributed by atoms with Crippen LogP contribution in [0.15, 0.2) is 47.5 Å². The SMILES string of the molecule is CN=C(NCCc1ccc2c(c1)OCCO2)N(C)Cc1ccccc1OC.I. The van der Waals surface area contributed by atoms with Gasteiger partial charge in [0.25, 0.3) is 0 Å². The molecule has 0 aromatic heterocycles. The maximum atomic E-state index is 5.65. The van der Waals surface area contributed by atoms with Crippen molar-refractivity contribution in [2.24, 2.45) is 4.99 Å². The fourth-order valence-corrected chi connectivity index (χ4v) is 3.11. The van der Waals surface area contributed by atoms with Crippen molar-refractivity contribution in [2.45, 2.75) is 13.0 Å². The molecular formula is C21H28IN3O3. The number of fused-ring (bicyclic) bond motifs is 1. The van der Waals surface area contributed by atoms with Crippen molar-refractivity contribution in [2.75, 3.05) is 41.0 Å². The highest BCUT2D eigenvalue weighted by molar-refractivity contribution is 14.0. The number of rotatable bonds is 6. The molecule has 0 fully saturated rings. The number of methoxy groups -OCH3 is 1. The molecule has 28 heavy (non-hydrogen) atoms. The third-order valence-corrected chi connectivity index (χ3v) is 4.48. The van der Waals surface area contributed by atoms with Crippen molar-refractivity contribution in [3.8, 4) is 17.2 Å². The molecule has 2 aromatic rings. The molecule has 152 valence electrons. The summed E-state index contributed by atoms with van der Waals surface area (Å²) >= 11 is 0. The fourth-order valence-electron chi connectivity index (χ4n) is 3.11. The zero-order chi connectivity index (χ0) is 19.1. The van der Waals surface area contributed by atoms with E-state index in [4.69, 9.17) is 14.2 Å². The van der Waals surface area contributed by atoms with E-state index in [1.165, 1.54) is 5.56 Å². The van der Waals surface area contributed by atoms with Crippen LogP contribution in [0.2, 0.25) is 0 Å². The molecule has 3 rings (SSSR count). The number of para-hydroxylation sites is 1. The molecule has 1 heterocycles. The van der Waals surface area contributed by atoms with Gasteiger partial charge in [0.2, 0.25) is 0 Å². The summed E-state index contributed by atoms with van der Waals surface area (Å²) in [4.78, 5) is 6.47. The highest BCUT2D eigenvalue weighted by Crippen LogP contribution is 2.30. The van der Waals surface area contributed by atoms with Crippen molar-refractivity contribution in [1.29, 1.82) is 0 Å². The molecule has 6 nitrogen and oxygen atoms in total. The standard InChI is InChI=1S/C21H27N3O3.HI/c1-22-21(24(2)15-17-6-4-5-7-18(17)25-3)23-11-10-16-8-9-19-20(14-16)27-13-12-26-19;/h4-9,14H,10-13,15H2,1-3H3,(H,22,23);1H. The van der Waals surface area contributed by atoms with Gasteiger partial charge < -0.3 is 24.4 Å². The van der Waals surface area contributed by atoms with Crippen molar-refractivity contribution >= 4 is 29.9 Å². The monoisotopic (exact) mass is 497 g/mol. The lowest BCUT2D eigenvalue weighted by Crippen LogP contribution is -2.39. The van der Waals surface area contributed by atoms with Gasteiger partial charge in [-0.25, -0.2) is 0 Å². The van der Waals surface area contributed by atoms with Crippen LogP contribution in [0.1, 0.15) is 11.1 Å². The molecule has 0 saturated carbocycles. The summed E-state index contributed by atoms with van der Waals surface area (Å²) in [7, 11) is 5.51. The normalized spacial score (nSPS) is 12.8. The predicted molar refractivity (Wildman–Crippen MR) is 122 cm³/mol. The van der Waals surface area contributed by atoms with E-state index >= 15 is 0 Å². The Labute approximate surface area is 183 Å². The number of benzene rings is 2. The quantitative estimate of drug-likeness (QED) is 0.377. The largest absolute Gasteiger partial charge is 0.496 e. The second-order valence-corrected chi connectivity index (χ2v) is 6.37. The van der Waals surface area contributed by atoms with Crippen LogP contribution in [-0.2, 0) is 13.0 Å². The third-order valence-electron chi connectivity index (χ3n) is 4.48. The topological polar surface area (TPSA) is 55.3 Å². The molecule has 0 atom stereocenters. The average molecular weight is 497 g/mol. The molecule has 0 radical (unpaired) electrons. The first kappa shape index (κ1) is 22.1. The minimum Gasteiger partial charge on any atom is -0.496 e. The van der Waals surface area contributed by atoms with Crippen LogP contribution in [0.25, 0.3) is 0 Å². The number of hydrogen-bond acceptors (Lipinski definition) is 4. The number of halogens is 1. The van der Waals surface area contributed by atoms with E-state index in [1.807, 2.05) is 31.3 Å². The second kappa shape index (κ2) is 11.0. The first-order chi connectivity index (χ1) is 13.2. The number of nitrogens with one attached hydrogen (secondary N) is 1. The van der Waals surface area contributed by atoms with E-state index < -0.39 is 0 Å². The predicted octanol–water partition coefficient (Wildman–Crippen LogP) is 3.33. The maximum Gasteiger partial charge on any atom is 0.193 e. The van der Waals surface area contributed by atoms with Crippen LogP contribution in [0, 0.1) is 0 Å². The molecule has 0 bridgehead atoms. The van der Waals surface area contributed by atoms with Crippen LogP contribution in [-0.4, -0.2) is 51.8 Å². The average Bonchev–Trinajstić information content (AvgIpc) is 2.71. The highest BCUT2D eigenvalue weighted by Gasteiger charge is 2.12. The Kier molecular flexibility index (Phi) is 8.69. The summed E-state index contributed by atoms with van der Waals surface area (Å²) in [5, 5.41) is 3.42. The molecule has 0 amide bonds. The Morgan fingerprint density at radius 1 is 1.14 bits per heavy atom. The number of nitrogens with zero attached hydrogens (tertiary/aromatic N) is 2. The lowest BCUT2D eigenvalue weighted by Gasteiger charge is -2.23. The summed E-state index contributed by atoms with van der Waals surface area (Å²) in [6.45, 7) is 2.72. The molecule has 0 unspecified atom stereocenters. The van der Waals surface area contributed by atoms with Crippen molar-refractivity contribution in [3.05, 3.63) is 53.6 Å². The minimum atomic E-state index is 0. The Morgan fingerprint density at radius 2 is 1.89 bits per heavy atom. The molecule has 0 aliphatic carbocycles. The molecule has 7 heteroatoms. The van der Waals surface area contributed by atoms with Crippen LogP contribution >= 0.6 is 24.0 Å². The van der Waals surface area contributed by atoms with Crippen molar-refractivity contribution in [3.63, 3.8) is 0 Å². The summed E-state index contributed by atoms with van der Waals surface area (Å²) in [6, 6.07) is 14.1. The Bertz CT molecular complexity index is 798. The summed E-state index contributed by atoms with van der Waals surface area (Å²) in [5.41, 5.74) is 2.33. The zero-order valence-corrected chi connectivity index (χ0v) is 18.9. The summed E-state index contributed by atoms with van der Waals surface area (Å²) in [5.74, 6) is 3.39. The van der Waals surface area contributed by atoms with Gasteiger partial charge in [0.15, 0.2) is 17.5 Å². The smallest absolute Gasteiger partial charge is 0.193 e. The summed E-state index contributed by atoms with van der Waals surface area (Å²) < 4.78 is 16.7. The lowest BCUT2D eigenvalue weighted by molar-refractivity contribution is 0.171. The van der Waals surface area contributed by atoms with Gasteiger partial charge in [0.1, 0.15) is 19.0 Å². The Hall–Kier alpha value is -2.16. The zero-order valence-electron chi connectivity index (χ0n) is 16.6. The Morgan fingerprint density at radius 3 is 2.64 bits per heavy atom. The first-order valence-electron chi connectivity index (χ1n) is 9.13. The van der Waals surface area contributed by atoms with Crippen LogP contribution in [0.5, 0.6) is 17.2 Å². The van der Waals surface area contributed by atoms with Gasteiger partial charge in [-0.3, -0.25) is 4.99 Å². The molecule has 0 spiro atoms. The third kappa shape index (κ3) is 5.67. The van der Waals surface area contributed by atoms with E-state index in [0.29, 0.717) is 19.8 Å². The molecule has 0 saturated heterocycles. The number of ether oxygens (including phenoxy) is 3. The molecule has 1 N–H and O–H groups in total. The fraction of sp³-hybridized carbons (Fsp3) is 0.381. The molecule has 1 aliphatic rings. The number of hydrogen-bond donors (Lipinski definition) is 1. The second-order valence-electron chi connectivity index (χ2n) is 6.37. The van der Waals surface area contributed by atoms with Crippen LogP contribution in [0.3, 0.4) is 0 Å². The van der Waals surface area contributed by atoms with E-state index in [2.05, 4.69) is 33.4 Å². The van der Waals surface area contributed by atoms with Gasteiger partial charge >= 0.3 is 0 Å². The first-order valence-corrected chi connectivity index (χ1v) is 9.13. The Balaban J connectivity index is 0.00000280.